The summed E-state index contributed by atoms with van der Waals surface area (Å²) in [6.07, 6.45) is 28.5. The van der Waals surface area contributed by atoms with E-state index >= 15 is 0 Å². The van der Waals surface area contributed by atoms with Gasteiger partial charge in [-0.25, -0.2) is 9.13 Å². The molecule has 3 N–H and O–H groups in total. The van der Waals surface area contributed by atoms with Crippen molar-refractivity contribution in [2.75, 3.05) is 39.6 Å². The van der Waals surface area contributed by atoms with E-state index in [2.05, 4.69) is 27.7 Å². The molecular weight excluding hydrogens is 959 g/mol. The van der Waals surface area contributed by atoms with Gasteiger partial charge in [-0.2, -0.15) is 0 Å². The quantitative estimate of drug-likeness (QED) is 0.0222. The summed E-state index contributed by atoms with van der Waals surface area (Å²) < 4.78 is 67.1. The Balaban J connectivity index is 5.14. The number of aliphatic hydroxyl groups is 1. The number of ether oxygens (including phenoxy) is 4. The van der Waals surface area contributed by atoms with E-state index in [1.807, 2.05) is 0 Å². The van der Waals surface area contributed by atoms with Crippen LogP contribution in [-0.4, -0.2) is 96.7 Å². The molecule has 5 atom stereocenters. The zero-order valence-corrected chi connectivity index (χ0v) is 46.5. The second kappa shape index (κ2) is 47.8. The molecule has 0 aromatic carbocycles. The van der Waals surface area contributed by atoms with E-state index in [1.165, 1.54) is 70.6 Å². The number of aliphatic hydroxyl groups excluding tert-OH is 1. The Bertz CT molecular complexity index is 1400. The van der Waals surface area contributed by atoms with Crippen molar-refractivity contribution in [3.8, 4) is 0 Å². The Morgan fingerprint density at radius 1 is 0.338 bits per heavy atom. The summed E-state index contributed by atoms with van der Waals surface area (Å²) in [4.78, 5) is 71.2. The summed E-state index contributed by atoms with van der Waals surface area (Å²) in [5.74, 6) is -2.17. The third kappa shape index (κ3) is 47.5. The Hall–Kier alpha value is -1.94. The smallest absolute Gasteiger partial charge is 0.462 e. The summed E-state index contributed by atoms with van der Waals surface area (Å²) in [6.45, 7) is 4.64. The van der Waals surface area contributed by atoms with Crippen LogP contribution in [0.1, 0.15) is 252 Å². The largest absolute Gasteiger partial charge is 0.472 e. The molecule has 0 fully saturated rings. The number of carbonyl (C=O) groups is 4. The minimum Gasteiger partial charge on any atom is -0.462 e. The van der Waals surface area contributed by atoms with Crippen LogP contribution in [0.15, 0.2) is 0 Å². The molecule has 0 radical (unpaired) electrons. The van der Waals surface area contributed by atoms with Gasteiger partial charge in [-0.15, -0.1) is 0 Å². The molecule has 19 heteroatoms. The van der Waals surface area contributed by atoms with Crippen molar-refractivity contribution >= 4 is 39.5 Å². The minimum atomic E-state index is -4.92. The van der Waals surface area contributed by atoms with Crippen molar-refractivity contribution in [1.29, 1.82) is 0 Å². The number of hydrogen-bond donors (Lipinski definition) is 3. The van der Waals surface area contributed by atoms with Gasteiger partial charge in [0.15, 0.2) is 12.2 Å². The van der Waals surface area contributed by atoms with E-state index in [4.69, 9.17) is 37.0 Å². The number of unbranched alkanes of at least 4 members (excludes halogenated alkanes) is 27. The van der Waals surface area contributed by atoms with Crippen molar-refractivity contribution in [2.24, 2.45) is 0 Å². The highest BCUT2D eigenvalue weighted by atomic mass is 31.2. The van der Waals surface area contributed by atoms with Gasteiger partial charge in [-0.1, -0.05) is 201 Å². The van der Waals surface area contributed by atoms with Crippen molar-refractivity contribution in [2.45, 2.75) is 271 Å². The third-order valence-electron chi connectivity index (χ3n) is 11.9. The average Bonchev–Trinajstić information content (AvgIpc) is 3.34. The van der Waals surface area contributed by atoms with Gasteiger partial charge in [0.05, 0.1) is 26.4 Å². The van der Waals surface area contributed by atoms with Crippen LogP contribution in [0.3, 0.4) is 0 Å². The maximum atomic E-state index is 12.8. The number of carbonyl (C=O) groups excluding carboxylic acids is 4. The molecule has 0 rings (SSSR count). The molecule has 0 bridgehead atoms. The van der Waals surface area contributed by atoms with Crippen molar-refractivity contribution in [3.63, 3.8) is 0 Å². The highest BCUT2D eigenvalue weighted by molar-refractivity contribution is 7.47. The lowest BCUT2D eigenvalue weighted by molar-refractivity contribution is -0.161. The highest BCUT2D eigenvalue weighted by Gasteiger charge is 2.30. The molecule has 71 heavy (non-hydrogen) atoms. The van der Waals surface area contributed by atoms with Crippen LogP contribution in [-0.2, 0) is 65.4 Å². The second-order valence-electron chi connectivity index (χ2n) is 18.9. The molecule has 0 saturated carbocycles. The SMILES string of the molecule is CCCCCCCCCCCCC(=O)OC[C@H](COP(=O)(O)OC[C@H](O)COP(=O)(O)OC[C@@H](COC(=O)CCCCCCCCCC)OC(=O)CCCCCCC)OC(=O)CCCCCCCCCC. The fourth-order valence-corrected chi connectivity index (χ4v) is 9.09. The molecule has 2 unspecified atom stereocenters. The van der Waals surface area contributed by atoms with E-state index in [9.17, 15) is 43.2 Å². The van der Waals surface area contributed by atoms with Gasteiger partial charge in [0.2, 0.25) is 0 Å². The first-order valence-electron chi connectivity index (χ1n) is 27.8. The van der Waals surface area contributed by atoms with E-state index in [-0.39, 0.29) is 25.7 Å². The molecule has 0 amide bonds. The lowest BCUT2D eigenvalue weighted by Gasteiger charge is -2.21. The summed E-state index contributed by atoms with van der Waals surface area (Å²) in [5, 5.41) is 10.4. The summed E-state index contributed by atoms with van der Waals surface area (Å²) in [5.41, 5.74) is 0. The summed E-state index contributed by atoms with van der Waals surface area (Å²) in [7, 11) is -9.84. The van der Waals surface area contributed by atoms with Crippen molar-refractivity contribution in [1.82, 2.24) is 0 Å². The topological polar surface area (TPSA) is 237 Å². The molecule has 17 nitrogen and oxygen atoms in total. The van der Waals surface area contributed by atoms with Crippen molar-refractivity contribution in [3.05, 3.63) is 0 Å². The molecular formula is C52H100O17P2. The van der Waals surface area contributed by atoms with Gasteiger partial charge >= 0.3 is 39.5 Å². The third-order valence-corrected chi connectivity index (χ3v) is 13.8. The Morgan fingerprint density at radius 3 is 0.831 bits per heavy atom. The van der Waals surface area contributed by atoms with E-state index in [1.54, 1.807) is 0 Å². The first kappa shape index (κ1) is 69.1. The monoisotopic (exact) mass is 1060 g/mol. The lowest BCUT2D eigenvalue weighted by atomic mass is 10.1. The minimum absolute atomic E-state index is 0.0996. The molecule has 420 valence electrons. The zero-order valence-electron chi connectivity index (χ0n) is 44.7. The molecule has 0 saturated heterocycles. The maximum absolute atomic E-state index is 12.8. The Morgan fingerprint density at radius 2 is 0.563 bits per heavy atom. The van der Waals surface area contributed by atoms with Gasteiger partial charge in [0, 0.05) is 25.7 Å². The van der Waals surface area contributed by atoms with Crippen LogP contribution >= 0.6 is 15.6 Å². The van der Waals surface area contributed by atoms with Crippen LogP contribution in [0, 0.1) is 0 Å². The fraction of sp³-hybridized carbons (Fsp3) is 0.923. The maximum Gasteiger partial charge on any atom is 0.472 e. The predicted octanol–water partition coefficient (Wildman–Crippen LogP) is 13.3. The molecule has 0 aliphatic carbocycles. The van der Waals surface area contributed by atoms with E-state index in [0.29, 0.717) is 25.7 Å². The van der Waals surface area contributed by atoms with Crippen LogP contribution < -0.4 is 0 Å². The Labute approximate surface area is 428 Å². The number of hydrogen-bond acceptors (Lipinski definition) is 15. The van der Waals surface area contributed by atoms with Gasteiger partial charge in [-0.3, -0.25) is 37.3 Å². The second-order valence-corrected chi connectivity index (χ2v) is 21.8. The lowest BCUT2D eigenvalue weighted by Crippen LogP contribution is -2.30. The van der Waals surface area contributed by atoms with Crippen LogP contribution in [0.25, 0.3) is 0 Å². The zero-order chi connectivity index (χ0) is 52.7. The number of phosphoric acid groups is 2. The number of esters is 4. The summed E-state index contributed by atoms with van der Waals surface area (Å²) >= 11 is 0. The normalized spacial score (nSPS) is 14.5. The standard InChI is InChI=1S/C52H100O17P2/c1-5-9-13-17-20-23-24-27-30-33-37-50(55)63-43-48(69-52(57)39-35-31-26-22-19-15-11-7-3)45-67-71(60,61)65-41-46(53)40-64-70(58,59)66-44-47(68-51(56)38-34-28-16-12-8-4)42-62-49(54)36-32-29-25-21-18-14-10-6-2/h46-48,53H,5-45H2,1-4H3,(H,58,59)(H,60,61)/t46-,47-,48-/m1/s1. The van der Waals surface area contributed by atoms with Crippen LogP contribution in [0.5, 0.6) is 0 Å². The molecule has 0 spiro atoms. The summed E-state index contributed by atoms with van der Waals surface area (Å²) in [6, 6.07) is 0. The molecule has 0 aliphatic rings. The molecule has 0 heterocycles. The van der Waals surface area contributed by atoms with Crippen molar-refractivity contribution < 1.29 is 80.2 Å². The Kier molecular flexibility index (Phi) is 46.4. The van der Waals surface area contributed by atoms with Crippen LogP contribution in [0.2, 0.25) is 0 Å². The van der Waals surface area contributed by atoms with E-state index in [0.717, 1.165) is 103 Å². The number of rotatable bonds is 53. The number of phosphoric ester groups is 2. The highest BCUT2D eigenvalue weighted by Crippen LogP contribution is 2.45. The van der Waals surface area contributed by atoms with E-state index < -0.39 is 97.5 Å². The van der Waals surface area contributed by atoms with Gasteiger partial charge in [0.1, 0.15) is 19.3 Å². The first-order chi connectivity index (χ1) is 34.2. The molecule has 0 aromatic rings. The predicted molar refractivity (Wildman–Crippen MR) is 275 cm³/mol. The van der Waals surface area contributed by atoms with Gasteiger partial charge in [-0.05, 0) is 25.7 Å². The fourth-order valence-electron chi connectivity index (χ4n) is 7.51. The molecule has 0 aliphatic heterocycles. The molecule has 0 aromatic heterocycles. The average molecular weight is 1060 g/mol. The van der Waals surface area contributed by atoms with Crippen LogP contribution in [0.4, 0.5) is 0 Å². The van der Waals surface area contributed by atoms with Gasteiger partial charge in [0.25, 0.3) is 0 Å². The van der Waals surface area contributed by atoms with Gasteiger partial charge < -0.3 is 33.8 Å². The first-order valence-corrected chi connectivity index (χ1v) is 30.8.